The first-order valence-electron chi connectivity index (χ1n) is 21.9. The number of carbonyl (C=O) groups excluding carboxylic acids is 6. The summed E-state index contributed by atoms with van der Waals surface area (Å²) in [7, 11) is 2.54. The molecular formula is C52H36N6O10. The van der Waals surface area contributed by atoms with Crippen molar-refractivity contribution in [3.8, 4) is 0 Å². The third kappa shape index (κ3) is 4.88. The SMILES string of the molecule is COC(=O)/C1=C/Cn2c3ccccc3c3c4c(c5c6ccccc6n(c5c32)C1)C(=O)NC4=O.COC(=O)C1(O)Cn2c3ccccc3c3c4c(c5c6ccccc6n(c5c32)CC1O)C(=O)NC4=O. The normalized spacial score (nSPS) is 19.3. The molecule has 10 aromatic rings. The lowest BCUT2D eigenvalue weighted by atomic mass is 9.94. The topological polar surface area (TPSA) is 205 Å². The second kappa shape index (κ2) is 13.7. The quantitative estimate of drug-likeness (QED) is 0.118. The Kier molecular flexibility index (Phi) is 8.02. The molecule has 0 aliphatic carbocycles. The van der Waals surface area contributed by atoms with Gasteiger partial charge < -0.3 is 38.0 Å². The Morgan fingerprint density at radius 3 is 1.40 bits per heavy atom. The average Bonchev–Trinajstić information content (AvgIpc) is 4.16. The maximum atomic E-state index is 13.1. The number of nitrogens with zero attached hydrogens (tertiary/aromatic N) is 4. The van der Waals surface area contributed by atoms with E-state index in [0.717, 1.165) is 56.1 Å². The Balaban J connectivity index is 0.000000135. The van der Waals surface area contributed by atoms with Crippen molar-refractivity contribution >= 4 is 123 Å². The minimum Gasteiger partial charge on any atom is -0.467 e. The summed E-state index contributed by atoms with van der Waals surface area (Å²) in [6.07, 6.45) is 0.377. The van der Waals surface area contributed by atoms with Crippen LogP contribution in [0, 0.1) is 0 Å². The minimum absolute atomic E-state index is 0.124. The number of aliphatic hydroxyl groups excluding tert-OH is 1. The van der Waals surface area contributed by atoms with Crippen LogP contribution in [-0.4, -0.2) is 90.0 Å². The molecule has 0 radical (unpaired) electrons. The summed E-state index contributed by atoms with van der Waals surface area (Å²) in [6.45, 7) is 0.331. The maximum Gasteiger partial charge on any atom is 0.342 e. The van der Waals surface area contributed by atoms with Crippen LogP contribution in [-0.2, 0) is 45.2 Å². The van der Waals surface area contributed by atoms with Gasteiger partial charge in [0.2, 0.25) is 5.60 Å². The fourth-order valence-electron chi connectivity index (χ4n) is 11.5. The number of methoxy groups -OCH3 is 2. The number of hydrogen-bond donors (Lipinski definition) is 4. The molecule has 16 nitrogen and oxygen atoms in total. The first-order valence-corrected chi connectivity index (χ1v) is 21.9. The highest BCUT2D eigenvalue weighted by Gasteiger charge is 2.48. The lowest BCUT2D eigenvalue weighted by Gasteiger charge is -2.33. The molecule has 0 spiro atoms. The number of amides is 4. The molecule has 4 aromatic heterocycles. The van der Waals surface area contributed by atoms with Crippen molar-refractivity contribution in [1.29, 1.82) is 0 Å². The van der Waals surface area contributed by atoms with E-state index >= 15 is 0 Å². The number of benzene rings is 6. The second-order valence-electron chi connectivity index (χ2n) is 17.6. The van der Waals surface area contributed by atoms with Crippen molar-refractivity contribution in [1.82, 2.24) is 28.9 Å². The van der Waals surface area contributed by atoms with Crippen LogP contribution in [0.5, 0.6) is 0 Å². The van der Waals surface area contributed by atoms with Gasteiger partial charge in [-0.3, -0.25) is 29.8 Å². The number of allylic oxidation sites excluding steroid dienone is 1. The van der Waals surface area contributed by atoms with E-state index in [-0.39, 0.29) is 36.4 Å². The lowest BCUT2D eigenvalue weighted by Crippen LogP contribution is -2.55. The molecule has 4 aliphatic rings. The van der Waals surface area contributed by atoms with Crippen LogP contribution < -0.4 is 10.6 Å². The Labute approximate surface area is 382 Å². The van der Waals surface area contributed by atoms with Crippen LogP contribution in [0.25, 0.3) is 87.2 Å². The van der Waals surface area contributed by atoms with Gasteiger partial charge in [0.25, 0.3) is 23.6 Å². The van der Waals surface area contributed by atoms with E-state index in [1.54, 1.807) is 4.57 Å². The van der Waals surface area contributed by atoms with Crippen molar-refractivity contribution in [3.05, 3.63) is 131 Å². The second-order valence-corrected chi connectivity index (χ2v) is 17.6. The predicted molar refractivity (Wildman–Crippen MR) is 252 cm³/mol. The molecule has 0 saturated carbocycles. The number of nitrogens with one attached hydrogen (secondary N) is 2. The number of esters is 2. The van der Waals surface area contributed by atoms with Gasteiger partial charge in [-0.15, -0.1) is 0 Å². The van der Waals surface area contributed by atoms with E-state index in [1.165, 1.54) is 7.11 Å². The van der Waals surface area contributed by atoms with Crippen LogP contribution in [0.3, 0.4) is 0 Å². The first-order chi connectivity index (χ1) is 33.0. The summed E-state index contributed by atoms with van der Waals surface area (Å²) in [6, 6.07) is 30.3. The summed E-state index contributed by atoms with van der Waals surface area (Å²) < 4.78 is 17.7. The Bertz CT molecular complexity index is 4130. The molecule has 0 fully saturated rings. The van der Waals surface area contributed by atoms with Gasteiger partial charge in [0.15, 0.2) is 0 Å². The highest BCUT2D eigenvalue weighted by Crippen LogP contribution is 2.48. The third-order valence-electron chi connectivity index (χ3n) is 14.3. The number of carbonyl (C=O) groups is 6. The van der Waals surface area contributed by atoms with Gasteiger partial charge in [-0.05, 0) is 24.3 Å². The lowest BCUT2D eigenvalue weighted by molar-refractivity contribution is -0.178. The fourth-order valence-corrected chi connectivity index (χ4v) is 11.5. The number of aliphatic hydroxyl groups is 2. The van der Waals surface area contributed by atoms with Gasteiger partial charge in [-0.2, -0.15) is 0 Å². The minimum atomic E-state index is -2.25. The molecule has 0 bridgehead atoms. The number of hydrogen-bond acceptors (Lipinski definition) is 10. The number of fused-ring (bicyclic) bond motifs is 18. The molecule has 4 N–H and O–H groups in total. The fraction of sp³-hybridized carbons (Fsp3) is 0.154. The van der Waals surface area contributed by atoms with Crippen LogP contribution in [0.15, 0.2) is 109 Å². The first kappa shape index (κ1) is 39.7. The molecule has 4 amide bonds. The molecule has 16 heteroatoms. The van der Waals surface area contributed by atoms with E-state index in [1.807, 2.05) is 108 Å². The van der Waals surface area contributed by atoms with E-state index in [9.17, 15) is 39.0 Å². The maximum absolute atomic E-state index is 13.1. The van der Waals surface area contributed by atoms with Crippen LogP contribution in [0.4, 0.5) is 0 Å². The van der Waals surface area contributed by atoms with Crippen molar-refractivity contribution in [2.24, 2.45) is 0 Å². The van der Waals surface area contributed by atoms with Crippen molar-refractivity contribution in [2.75, 3.05) is 14.2 Å². The Morgan fingerprint density at radius 2 is 0.941 bits per heavy atom. The van der Waals surface area contributed by atoms with Crippen molar-refractivity contribution in [2.45, 2.75) is 37.9 Å². The third-order valence-corrected chi connectivity index (χ3v) is 14.3. The van der Waals surface area contributed by atoms with Gasteiger partial charge in [0.05, 0.1) is 83.7 Å². The molecule has 2 atom stereocenters. The van der Waals surface area contributed by atoms with Crippen LogP contribution >= 0.6 is 0 Å². The summed E-state index contributed by atoms with van der Waals surface area (Å²) in [5, 5.41) is 33.6. The summed E-state index contributed by atoms with van der Waals surface area (Å²) in [4.78, 5) is 77.8. The standard InChI is InChI=1S/C26H19N3O6.C26H17N3O4/c1-35-25(33)26(34)11-29-15-9-5-3-7-13(15)18-20-19(23(31)27-24(20)32)17-12-6-2-4-8-14(12)28(10-16(26)30)21(17)22(18)29;1-33-26(32)13-10-11-28-16-8-4-2-6-14(16)18-20-21(25(31)27-24(20)30)19-15-7-3-5-9-17(15)29(12-13)23(19)22(18)28/h2-9,16,30,34H,10-11H2,1H3,(H,27,31,32);2-10H,11-12H2,1H3,(H,27,30,31)/b;13-10+. The smallest absolute Gasteiger partial charge is 0.342 e. The zero-order valence-corrected chi connectivity index (χ0v) is 36.2. The Hall–Kier alpha value is -8.60. The van der Waals surface area contributed by atoms with E-state index in [0.29, 0.717) is 73.6 Å². The van der Waals surface area contributed by atoms with Crippen molar-refractivity contribution < 1.29 is 48.5 Å². The van der Waals surface area contributed by atoms with E-state index in [2.05, 4.69) is 19.8 Å². The van der Waals surface area contributed by atoms with Crippen LogP contribution in [0.2, 0.25) is 0 Å². The average molecular weight is 905 g/mol. The number of ether oxygens (including phenoxy) is 2. The molecule has 334 valence electrons. The van der Waals surface area contributed by atoms with E-state index < -0.39 is 29.5 Å². The Morgan fingerprint density at radius 1 is 0.559 bits per heavy atom. The van der Waals surface area contributed by atoms with Crippen molar-refractivity contribution in [3.63, 3.8) is 0 Å². The predicted octanol–water partition coefficient (Wildman–Crippen LogP) is 5.96. The zero-order chi connectivity index (χ0) is 46.7. The van der Waals surface area contributed by atoms with Gasteiger partial charge in [0.1, 0.15) is 6.10 Å². The van der Waals surface area contributed by atoms with Gasteiger partial charge in [-0.1, -0.05) is 78.9 Å². The molecule has 14 rings (SSSR count). The van der Waals surface area contributed by atoms with Gasteiger partial charge in [-0.25, -0.2) is 9.59 Å². The molecule has 68 heavy (non-hydrogen) atoms. The van der Waals surface area contributed by atoms with Gasteiger partial charge in [0, 0.05) is 71.7 Å². The molecule has 0 saturated heterocycles. The highest BCUT2D eigenvalue weighted by atomic mass is 16.5. The molecule has 4 aliphatic heterocycles. The van der Waals surface area contributed by atoms with E-state index in [4.69, 9.17) is 9.47 Å². The molecule has 8 heterocycles. The molecule has 2 unspecified atom stereocenters. The molecule has 6 aromatic carbocycles. The molecular weight excluding hydrogens is 869 g/mol. The summed E-state index contributed by atoms with van der Waals surface area (Å²) in [5.41, 5.74) is 5.89. The number of imide groups is 2. The summed E-state index contributed by atoms with van der Waals surface area (Å²) in [5.74, 6) is -3.06. The van der Waals surface area contributed by atoms with Gasteiger partial charge >= 0.3 is 11.9 Å². The zero-order valence-electron chi connectivity index (χ0n) is 36.2. The summed E-state index contributed by atoms with van der Waals surface area (Å²) >= 11 is 0. The van der Waals surface area contributed by atoms with Crippen LogP contribution in [0.1, 0.15) is 41.4 Å². The number of para-hydroxylation sites is 4. The number of rotatable bonds is 2. The highest BCUT2D eigenvalue weighted by molar-refractivity contribution is 6.41. The largest absolute Gasteiger partial charge is 0.467 e. The number of aromatic nitrogens is 4. The monoisotopic (exact) mass is 904 g/mol.